The van der Waals surface area contributed by atoms with Crippen LogP contribution in [0, 0.1) is 5.92 Å². The number of para-hydroxylation sites is 1. The molecule has 2 unspecified atom stereocenters. The lowest BCUT2D eigenvalue weighted by atomic mass is 10.1. The van der Waals surface area contributed by atoms with Gasteiger partial charge < -0.3 is 9.80 Å². The lowest BCUT2D eigenvalue weighted by Gasteiger charge is -2.27. The van der Waals surface area contributed by atoms with Crippen LogP contribution in [0.3, 0.4) is 0 Å². The van der Waals surface area contributed by atoms with Gasteiger partial charge in [-0.05, 0) is 37.8 Å². The molecule has 1 aliphatic carbocycles. The van der Waals surface area contributed by atoms with E-state index in [0.717, 1.165) is 24.9 Å². The fourth-order valence-electron chi connectivity index (χ4n) is 4.56. The minimum absolute atomic E-state index is 0.135. The summed E-state index contributed by atoms with van der Waals surface area (Å²) in [4.78, 5) is 29.4. The van der Waals surface area contributed by atoms with Crippen LogP contribution in [-0.2, 0) is 16.0 Å². The Morgan fingerprint density at radius 2 is 1.87 bits per heavy atom. The van der Waals surface area contributed by atoms with Crippen LogP contribution in [0.25, 0.3) is 0 Å². The van der Waals surface area contributed by atoms with Crippen molar-refractivity contribution in [1.29, 1.82) is 0 Å². The van der Waals surface area contributed by atoms with E-state index in [0.29, 0.717) is 19.0 Å². The first-order valence-corrected chi connectivity index (χ1v) is 8.85. The molecule has 1 aromatic rings. The van der Waals surface area contributed by atoms with Crippen LogP contribution in [-0.4, -0.2) is 35.3 Å². The molecule has 0 radical (unpaired) electrons. The molecule has 2 atom stereocenters. The van der Waals surface area contributed by atoms with E-state index in [2.05, 4.69) is 13.0 Å². The molecule has 4 rings (SSSR count). The van der Waals surface area contributed by atoms with E-state index >= 15 is 0 Å². The zero-order chi connectivity index (χ0) is 16.0. The second-order valence-electron chi connectivity index (χ2n) is 7.28. The molecule has 2 fully saturated rings. The molecular formula is C19H24N2O2. The normalized spacial score (nSPS) is 27.8. The molecule has 0 N–H and O–H groups in total. The smallest absolute Gasteiger partial charge is 0.232 e. The molecule has 1 saturated heterocycles. The molecular weight excluding hydrogens is 288 g/mol. The average molecular weight is 312 g/mol. The number of benzene rings is 1. The molecule has 4 heteroatoms. The number of nitrogens with zero attached hydrogens (tertiary/aromatic N) is 2. The van der Waals surface area contributed by atoms with E-state index in [9.17, 15) is 9.59 Å². The van der Waals surface area contributed by atoms with E-state index < -0.39 is 0 Å². The van der Waals surface area contributed by atoms with Gasteiger partial charge in [-0.1, -0.05) is 31.0 Å². The van der Waals surface area contributed by atoms with Crippen LogP contribution >= 0.6 is 0 Å². The summed E-state index contributed by atoms with van der Waals surface area (Å²) in [5.41, 5.74) is 2.28. The third kappa shape index (κ3) is 2.44. The highest BCUT2D eigenvalue weighted by Crippen LogP contribution is 2.36. The molecule has 3 aliphatic rings. The van der Waals surface area contributed by atoms with Crippen molar-refractivity contribution in [1.82, 2.24) is 4.90 Å². The summed E-state index contributed by atoms with van der Waals surface area (Å²) < 4.78 is 0. The summed E-state index contributed by atoms with van der Waals surface area (Å²) in [6.07, 6.45) is 5.94. The average Bonchev–Trinajstić information content (AvgIpc) is 3.23. The molecule has 1 saturated carbocycles. The van der Waals surface area contributed by atoms with Gasteiger partial charge in [0.2, 0.25) is 11.8 Å². The molecule has 4 nitrogen and oxygen atoms in total. The summed E-state index contributed by atoms with van der Waals surface area (Å²) in [7, 11) is 0. The van der Waals surface area contributed by atoms with Gasteiger partial charge in [-0.25, -0.2) is 0 Å². The van der Waals surface area contributed by atoms with Gasteiger partial charge in [0.15, 0.2) is 0 Å². The summed E-state index contributed by atoms with van der Waals surface area (Å²) in [6, 6.07) is 8.72. The maximum Gasteiger partial charge on any atom is 0.232 e. The van der Waals surface area contributed by atoms with Gasteiger partial charge in [0.05, 0.1) is 5.92 Å². The van der Waals surface area contributed by atoms with Crippen molar-refractivity contribution in [2.24, 2.45) is 5.92 Å². The SMILES string of the molecule is CC1Cc2ccccc2N1C(=O)C1CC(=O)N(C2CCCC2)C1. The Morgan fingerprint density at radius 1 is 1.13 bits per heavy atom. The van der Waals surface area contributed by atoms with Gasteiger partial charge in [-0.3, -0.25) is 9.59 Å². The van der Waals surface area contributed by atoms with Crippen molar-refractivity contribution in [3.63, 3.8) is 0 Å². The van der Waals surface area contributed by atoms with E-state index in [-0.39, 0.29) is 23.8 Å². The Morgan fingerprint density at radius 3 is 2.65 bits per heavy atom. The highest BCUT2D eigenvalue weighted by atomic mass is 16.2. The second-order valence-corrected chi connectivity index (χ2v) is 7.28. The zero-order valence-electron chi connectivity index (χ0n) is 13.7. The first-order valence-electron chi connectivity index (χ1n) is 8.85. The van der Waals surface area contributed by atoms with E-state index in [1.165, 1.54) is 18.4 Å². The van der Waals surface area contributed by atoms with Crippen LogP contribution in [0.2, 0.25) is 0 Å². The fraction of sp³-hybridized carbons (Fsp3) is 0.579. The van der Waals surface area contributed by atoms with Crippen molar-refractivity contribution in [3.8, 4) is 0 Å². The summed E-state index contributed by atoms with van der Waals surface area (Å²) >= 11 is 0. The van der Waals surface area contributed by atoms with Crippen molar-refractivity contribution in [2.45, 2.75) is 57.5 Å². The number of hydrogen-bond acceptors (Lipinski definition) is 2. The Labute approximate surface area is 137 Å². The first kappa shape index (κ1) is 14.7. The lowest BCUT2D eigenvalue weighted by molar-refractivity contribution is -0.130. The molecule has 2 aliphatic heterocycles. The van der Waals surface area contributed by atoms with Crippen molar-refractivity contribution < 1.29 is 9.59 Å². The topological polar surface area (TPSA) is 40.6 Å². The zero-order valence-corrected chi connectivity index (χ0v) is 13.7. The van der Waals surface area contributed by atoms with Gasteiger partial charge in [-0.2, -0.15) is 0 Å². The Bertz CT molecular complexity index is 636. The van der Waals surface area contributed by atoms with Crippen LogP contribution < -0.4 is 4.90 Å². The van der Waals surface area contributed by atoms with Crippen molar-refractivity contribution >= 4 is 17.5 Å². The first-order chi connectivity index (χ1) is 11.1. The summed E-state index contributed by atoms with van der Waals surface area (Å²) in [6.45, 7) is 2.72. The minimum Gasteiger partial charge on any atom is -0.339 e. The number of hydrogen-bond donors (Lipinski definition) is 0. The van der Waals surface area contributed by atoms with Crippen molar-refractivity contribution in [2.75, 3.05) is 11.4 Å². The van der Waals surface area contributed by atoms with Gasteiger partial charge >= 0.3 is 0 Å². The molecule has 122 valence electrons. The number of carbonyl (C=O) groups is 2. The fourth-order valence-corrected chi connectivity index (χ4v) is 4.56. The molecule has 0 aromatic heterocycles. The van der Waals surface area contributed by atoms with Crippen LogP contribution in [0.4, 0.5) is 5.69 Å². The maximum atomic E-state index is 13.1. The summed E-state index contributed by atoms with van der Waals surface area (Å²) in [5.74, 6) is 0.142. The van der Waals surface area contributed by atoms with Gasteiger partial charge in [-0.15, -0.1) is 0 Å². The number of amides is 2. The van der Waals surface area contributed by atoms with Gasteiger partial charge in [0.1, 0.15) is 0 Å². The monoisotopic (exact) mass is 312 g/mol. The second kappa shape index (κ2) is 5.66. The number of fused-ring (bicyclic) bond motifs is 1. The minimum atomic E-state index is -0.170. The maximum absolute atomic E-state index is 13.1. The molecule has 2 amide bonds. The van der Waals surface area contributed by atoms with E-state index in [1.54, 1.807) is 0 Å². The molecule has 0 spiro atoms. The molecule has 2 heterocycles. The summed E-state index contributed by atoms with van der Waals surface area (Å²) in [5, 5.41) is 0. The van der Waals surface area contributed by atoms with Gasteiger partial charge in [0, 0.05) is 30.7 Å². The van der Waals surface area contributed by atoms with E-state index in [4.69, 9.17) is 0 Å². The number of rotatable bonds is 2. The highest BCUT2D eigenvalue weighted by molar-refractivity contribution is 6.01. The predicted molar refractivity (Wildman–Crippen MR) is 89.2 cm³/mol. The molecule has 23 heavy (non-hydrogen) atoms. The quantitative estimate of drug-likeness (QED) is 0.842. The largest absolute Gasteiger partial charge is 0.339 e. The lowest BCUT2D eigenvalue weighted by Crippen LogP contribution is -2.41. The third-order valence-electron chi connectivity index (χ3n) is 5.72. The van der Waals surface area contributed by atoms with Crippen LogP contribution in [0.5, 0.6) is 0 Å². The molecule has 0 bridgehead atoms. The number of carbonyl (C=O) groups excluding carboxylic acids is 2. The Balaban J connectivity index is 1.53. The van der Waals surface area contributed by atoms with E-state index in [1.807, 2.05) is 28.0 Å². The van der Waals surface area contributed by atoms with Crippen molar-refractivity contribution in [3.05, 3.63) is 29.8 Å². The van der Waals surface area contributed by atoms with Crippen LogP contribution in [0.15, 0.2) is 24.3 Å². The predicted octanol–water partition coefficient (Wildman–Crippen LogP) is 2.76. The molecule has 1 aromatic carbocycles. The van der Waals surface area contributed by atoms with Crippen LogP contribution in [0.1, 0.15) is 44.6 Å². The highest BCUT2D eigenvalue weighted by Gasteiger charge is 2.42. The third-order valence-corrected chi connectivity index (χ3v) is 5.72. The Kier molecular flexibility index (Phi) is 3.63. The number of anilines is 1. The standard InChI is InChI=1S/C19H24N2O2/c1-13-10-14-6-2-5-9-17(14)21(13)19(23)15-11-18(22)20(12-15)16-7-3-4-8-16/h2,5-6,9,13,15-16H,3-4,7-8,10-12H2,1H3. The van der Waals surface area contributed by atoms with Gasteiger partial charge in [0.25, 0.3) is 0 Å². The number of likely N-dealkylation sites (tertiary alicyclic amines) is 1. The Hall–Kier alpha value is -1.84.